The number of aliphatic hydroxyl groups is 1. The zero-order valence-corrected chi connectivity index (χ0v) is 26.9. The van der Waals surface area contributed by atoms with Gasteiger partial charge in [-0.15, -0.1) is 0 Å². The lowest BCUT2D eigenvalue weighted by molar-refractivity contribution is -0.110. The summed E-state index contributed by atoms with van der Waals surface area (Å²) in [6.45, 7) is 18.4. The predicted molar refractivity (Wildman–Crippen MR) is 170 cm³/mol. The molecule has 0 spiro atoms. The molecule has 2 aliphatic rings. The van der Waals surface area contributed by atoms with Gasteiger partial charge >= 0.3 is 0 Å². The van der Waals surface area contributed by atoms with E-state index in [1.54, 1.807) is 19.1 Å². The lowest BCUT2D eigenvalue weighted by atomic mass is 9.92. The van der Waals surface area contributed by atoms with E-state index in [1.807, 2.05) is 0 Å². The Hall–Kier alpha value is -2.30. The predicted octanol–water partition coefficient (Wildman–Crippen LogP) is 5.85. The van der Waals surface area contributed by atoms with Crippen molar-refractivity contribution in [2.45, 2.75) is 53.6 Å². The summed E-state index contributed by atoms with van der Waals surface area (Å²) < 4.78 is 27.6. The van der Waals surface area contributed by atoms with Gasteiger partial charge in [0.25, 0.3) is 0 Å². The Bertz CT molecular complexity index is 985. The molecule has 238 valence electrons. The normalized spacial score (nSPS) is 22.4. The van der Waals surface area contributed by atoms with Crippen LogP contribution >= 0.6 is 23.2 Å². The quantitative estimate of drug-likeness (QED) is 0.116. The molecule has 11 heteroatoms. The highest BCUT2D eigenvalue weighted by atomic mass is 35.5. The van der Waals surface area contributed by atoms with Crippen molar-refractivity contribution in [3.05, 3.63) is 70.5 Å². The number of nitrogens with zero attached hydrogens (tertiary/aromatic N) is 1. The summed E-state index contributed by atoms with van der Waals surface area (Å²) in [6.07, 6.45) is 11.2. The van der Waals surface area contributed by atoms with Gasteiger partial charge in [0.1, 0.15) is 11.7 Å². The molecule has 2 heterocycles. The standard InChI is InChI=1S/C19H22Cl2F2N2O.C7H14N2O2.C5H12/c1-3-16(20)18(22)6-4-5-14-10-24-11-15(14)7-8-19(23)17(21)9-13(2)25-12-26;10-6-8-2-4-9-3-1-7(11)5-9;1-5(2,3)4/h3-4,6-9,12,14-15,24H,1,5,10-11H2,2H3,(H,25,26);6-7,11H,1-5H2,(H,8,10);1-4H3/b6-4-,8-7+,13-9+,18-16-,19-17-;;/t14-,15+;;/m0../s1. The van der Waals surface area contributed by atoms with Crippen molar-refractivity contribution in [3.8, 4) is 0 Å². The van der Waals surface area contributed by atoms with Crippen LogP contribution in [0.1, 0.15) is 47.5 Å². The molecule has 0 aromatic carbocycles. The highest BCUT2D eigenvalue weighted by Gasteiger charge is 2.24. The van der Waals surface area contributed by atoms with Crippen molar-refractivity contribution in [1.29, 1.82) is 0 Å². The molecular weight excluding hydrogens is 585 g/mol. The van der Waals surface area contributed by atoms with Crippen LogP contribution in [-0.4, -0.2) is 68.2 Å². The number of hydrogen-bond donors (Lipinski definition) is 4. The maximum atomic E-state index is 14.0. The number of halogens is 4. The average Bonchev–Trinajstić information content (AvgIpc) is 3.54. The van der Waals surface area contributed by atoms with Crippen LogP contribution in [0.3, 0.4) is 0 Å². The summed E-state index contributed by atoms with van der Waals surface area (Å²) in [4.78, 5) is 22.3. The molecule has 0 radical (unpaired) electrons. The van der Waals surface area contributed by atoms with Gasteiger partial charge in [0.05, 0.1) is 16.2 Å². The molecule has 0 aromatic rings. The van der Waals surface area contributed by atoms with E-state index in [0.29, 0.717) is 43.4 Å². The third kappa shape index (κ3) is 20.6. The van der Waals surface area contributed by atoms with E-state index in [9.17, 15) is 18.4 Å². The molecule has 2 amide bonds. The van der Waals surface area contributed by atoms with Gasteiger partial charge in [0, 0.05) is 38.4 Å². The van der Waals surface area contributed by atoms with Gasteiger partial charge in [-0.1, -0.05) is 69.6 Å². The van der Waals surface area contributed by atoms with Gasteiger partial charge in [-0.25, -0.2) is 8.78 Å². The SMILES string of the molecule is C=C/C(Cl)=C(F)\C=C/C[C@H]1CNC[C@H]1/C=C/C(F)=C(Cl)\C=C(/C)NC=O.CC(C)(C)C.O=CNCCN1CCC(O)C1. The molecule has 3 atom stereocenters. The maximum Gasteiger partial charge on any atom is 0.211 e. The van der Waals surface area contributed by atoms with Gasteiger partial charge in [0.15, 0.2) is 0 Å². The number of nitrogens with one attached hydrogen (secondary N) is 3. The largest absolute Gasteiger partial charge is 0.392 e. The van der Waals surface area contributed by atoms with Crippen LogP contribution in [0.25, 0.3) is 0 Å². The number of β-amino-alcohol motifs (C(OH)–C–C–N with tert-alkyl or cyclic N) is 1. The second-order valence-electron chi connectivity index (χ2n) is 11.6. The van der Waals surface area contributed by atoms with Crippen molar-refractivity contribution in [2.75, 3.05) is 39.3 Å². The number of carbonyl (C=O) groups is 2. The van der Waals surface area contributed by atoms with Crippen LogP contribution < -0.4 is 16.0 Å². The molecule has 2 saturated heterocycles. The summed E-state index contributed by atoms with van der Waals surface area (Å²) in [7, 11) is 0. The van der Waals surface area contributed by atoms with Crippen molar-refractivity contribution < 1.29 is 23.5 Å². The van der Waals surface area contributed by atoms with E-state index in [1.165, 1.54) is 24.3 Å². The Kier molecular flexibility index (Phi) is 21.0. The Morgan fingerprint density at radius 1 is 1.10 bits per heavy atom. The van der Waals surface area contributed by atoms with Crippen molar-refractivity contribution in [1.82, 2.24) is 20.9 Å². The molecule has 0 aromatic heterocycles. The second-order valence-corrected chi connectivity index (χ2v) is 12.4. The summed E-state index contributed by atoms with van der Waals surface area (Å²) in [6, 6.07) is 0. The van der Waals surface area contributed by atoms with E-state index in [-0.39, 0.29) is 28.0 Å². The van der Waals surface area contributed by atoms with Crippen LogP contribution in [0.2, 0.25) is 0 Å². The van der Waals surface area contributed by atoms with Gasteiger partial charge in [-0.05, 0) is 67.9 Å². The zero-order chi connectivity index (χ0) is 32.1. The number of aliphatic hydroxyl groups excluding tert-OH is 1. The Morgan fingerprint density at radius 2 is 1.74 bits per heavy atom. The minimum Gasteiger partial charge on any atom is -0.392 e. The Morgan fingerprint density at radius 3 is 2.29 bits per heavy atom. The highest BCUT2D eigenvalue weighted by molar-refractivity contribution is 6.31. The molecule has 1 unspecified atom stereocenters. The lowest BCUT2D eigenvalue weighted by Gasteiger charge is -2.13. The number of carbonyl (C=O) groups excluding carboxylic acids is 2. The molecule has 0 saturated carbocycles. The van der Waals surface area contributed by atoms with E-state index in [2.05, 4.69) is 55.1 Å². The van der Waals surface area contributed by atoms with Crippen molar-refractivity contribution >= 4 is 36.0 Å². The molecule has 0 bridgehead atoms. The molecule has 2 aliphatic heterocycles. The van der Waals surface area contributed by atoms with E-state index >= 15 is 0 Å². The molecular formula is C31H48Cl2F2N4O3. The van der Waals surface area contributed by atoms with Crippen molar-refractivity contribution in [3.63, 3.8) is 0 Å². The number of rotatable bonds is 13. The smallest absolute Gasteiger partial charge is 0.211 e. The lowest BCUT2D eigenvalue weighted by Crippen LogP contribution is -2.30. The topological polar surface area (TPSA) is 93.7 Å². The molecule has 4 N–H and O–H groups in total. The van der Waals surface area contributed by atoms with E-state index < -0.39 is 11.7 Å². The monoisotopic (exact) mass is 632 g/mol. The number of amides is 2. The number of likely N-dealkylation sites (tertiary alicyclic amines) is 1. The first-order valence-electron chi connectivity index (χ1n) is 14.0. The third-order valence-corrected chi connectivity index (χ3v) is 6.38. The summed E-state index contributed by atoms with van der Waals surface area (Å²) in [5.41, 5.74) is 0.937. The van der Waals surface area contributed by atoms with Gasteiger partial charge in [-0.3, -0.25) is 14.5 Å². The van der Waals surface area contributed by atoms with Gasteiger partial charge < -0.3 is 21.1 Å². The molecule has 42 heavy (non-hydrogen) atoms. The van der Waals surface area contributed by atoms with Gasteiger partial charge in [0.2, 0.25) is 12.8 Å². The minimum atomic E-state index is -0.591. The average molecular weight is 634 g/mol. The van der Waals surface area contributed by atoms with Crippen LogP contribution in [0.5, 0.6) is 0 Å². The summed E-state index contributed by atoms with van der Waals surface area (Å²) in [5.74, 6) is -0.827. The second kappa shape index (κ2) is 22.3. The van der Waals surface area contributed by atoms with E-state index in [0.717, 1.165) is 32.6 Å². The molecule has 2 fully saturated rings. The zero-order valence-electron chi connectivity index (χ0n) is 25.4. The first-order chi connectivity index (χ1) is 19.7. The third-order valence-electron chi connectivity index (χ3n) is 5.75. The summed E-state index contributed by atoms with van der Waals surface area (Å²) >= 11 is 11.5. The molecule has 7 nitrogen and oxygen atoms in total. The minimum absolute atomic E-state index is 0.0310. The fraction of sp³-hybridized carbons (Fsp3) is 0.548. The van der Waals surface area contributed by atoms with E-state index in [4.69, 9.17) is 28.3 Å². The van der Waals surface area contributed by atoms with Crippen molar-refractivity contribution in [2.24, 2.45) is 17.3 Å². The fourth-order valence-corrected chi connectivity index (χ4v) is 4.03. The number of allylic oxidation sites excluding steroid dienone is 10. The van der Waals surface area contributed by atoms with Crippen LogP contribution in [0, 0.1) is 17.3 Å². The first-order valence-corrected chi connectivity index (χ1v) is 14.7. The molecule has 0 aliphatic carbocycles. The fourth-order valence-electron chi connectivity index (χ4n) is 3.74. The first kappa shape index (κ1) is 39.7. The van der Waals surface area contributed by atoms with Gasteiger partial charge in [-0.2, -0.15) is 0 Å². The van der Waals surface area contributed by atoms with Crippen LogP contribution in [0.4, 0.5) is 8.78 Å². The molecule has 2 rings (SSSR count). The number of hydrogen-bond acceptors (Lipinski definition) is 5. The Labute approximate surface area is 260 Å². The van der Waals surface area contributed by atoms with Crippen LogP contribution in [0.15, 0.2) is 70.5 Å². The van der Waals surface area contributed by atoms with Crippen LogP contribution in [-0.2, 0) is 9.59 Å². The highest BCUT2D eigenvalue weighted by Crippen LogP contribution is 2.25. The summed E-state index contributed by atoms with van der Waals surface area (Å²) in [5, 5.41) is 17.2. The Balaban J connectivity index is 0.000000856. The maximum absolute atomic E-state index is 14.0.